The van der Waals surface area contributed by atoms with Crippen molar-refractivity contribution in [2.45, 2.75) is 37.8 Å². The number of nitrogens with two attached hydrogens (primary N) is 2. The van der Waals surface area contributed by atoms with E-state index >= 15 is 0 Å². The standard InChI is InChI=1S/C13H21N3OS/c14-8-11(12-6-3-7-18-12)16(9-13(15)17)10-4-1-2-5-10/h3,6-7,10-11H,1-2,4-5,8-9,14H2,(H2,15,17). The van der Waals surface area contributed by atoms with Gasteiger partial charge in [0.05, 0.1) is 12.6 Å². The zero-order valence-electron chi connectivity index (χ0n) is 10.5. The summed E-state index contributed by atoms with van der Waals surface area (Å²) in [4.78, 5) is 14.7. The Morgan fingerprint density at radius 2 is 2.22 bits per heavy atom. The molecule has 1 aliphatic rings. The summed E-state index contributed by atoms with van der Waals surface area (Å²) in [6.07, 6.45) is 4.77. The zero-order chi connectivity index (χ0) is 13.0. The third-order valence-corrected chi connectivity index (χ3v) is 4.60. The highest BCUT2D eigenvalue weighted by Gasteiger charge is 2.30. The highest BCUT2D eigenvalue weighted by atomic mass is 32.1. The second-order valence-electron chi connectivity index (χ2n) is 4.84. The smallest absolute Gasteiger partial charge is 0.231 e. The van der Waals surface area contributed by atoms with Crippen LogP contribution >= 0.6 is 11.3 Å². The van der Waals surface area contributed by atoms with Gasteiger partial charge in [-0.1, -0.05) is 18.9 Å². The molecular weight excluding hydrogens is 246 g/mol. The van der Waals surface area contributed by atoms with Gasteiger partial charge in [0.1, 0.15) is 0 Å². The van der Waals surface area contributed by atoms with Crippen molar-refractivity contribution >= 4 is 17.2 Å². The van der Waals surface area contributed by atoms with Gasteiger partial charge in [0.2, 0.25) is 5.91 Å². The zero-order valence-corrected chi connectivity index (χ0v) is 11.4. The Bertz CT molecular complexity index is 374. The second kappa shape index (κ2) is 6.31. The Morgan fingerprint density at radius 3 is 2.72 bits per heavy atom. The fraction of sp³-hybridized carbons (Fsp3) is 0.615. The van der Waals surface area contributed by atoms with Crippen LogP contribution in [0.5, 0.6) is 0 Å². The van der Waals surface area contributed by atoms with Gasteiger partial charge < -0.3 is 11.5 Å². The third kappa shape index (κ3) is 3.10. The van der Waals surface area contributed by atoms with E-state index in [4.69, 9.17) is 11.5 Å². The van der Waals surface area contributed by atoms with E-state index in [1.54, 1.807) is 11.3 Å². The maximum Gasteiger partial charge on any atom is 0.231 e. The van der Waals surface area contributed by atoms with Crippen LogP contribution in [0.15, 0.2) is 17.5 Å². The molecule has 1 aromatic rings. The van der Waals surface area contributed by atoms with Gasteiger partial charge in [-0.2, -0.15) is 0 Å². The molecule has 100 valence electrons. The van der Waals surface area contributed by atoms with Crippen molar-refractivity contribution in [1.29, 1.82) is 0 Å². The van der Waals surface area contributed by atoms with Crippen LogP contribution in [0.1, 0.15) is 36.6 Å². The minimum absolute atomic E-state index is 0.126. The van der Waals surface area contributed by atoms with E-state index in [1.165, 1.54) is 17.7 Å². The molecule has 1 heterocycles. The molecule has 1 aliphatic carbocycles. The number of carbonyl (C=O) groups excluding carboxylic acids is 1. The van der Waals surface area contributed by atoms with Gasteiger partial charge in [0, 0.05) is 17.5 Å². The normalized spacial score (nSPS) is 18.3. The van der Waals surface area contributed by atoms with Crippen molar-refractivity contribution in [1.82, 2.24) is 4.90 Å². The molecule has 1 atom stereocenters. The molecule has 0 bridgehead atoms. The maximum atomic E-state index is 11.3. The minimum Gasteiger partial charge on any atom is -0.369 e. The van der Waals surface area contributed by atoms with Crippen molar-refractivity contribution in [3.05, 3.63) is 22.4 Å². The fourth-order valence-corrected chi connectivity index (χ4v) is 3.67. The van der Waals surface area contributed by atoms with E-state index in [0.717, 1.165) is 12.8 Å². The van der Waals surface area contributed by atoms with E-state index < -0.39 is 0 Å². The first-order valence-electron chi connectivity index (χ1n) is 6.50. The Hall–Kier alpha value is -0.910. The quantitative estimate of drug-likeness (QED) is 0.820. The van der Waals surface area contributed by atoms with Crippen LogP contribution in [0.2, 0.25) is 0 Å². The van der Waals surface area contributed by atoms with Gasteiger partial charge >= 0.3 is 0 Å². The summed E-state index contributed by atoms with van der Waals surface area (Å²) in [6, 6.07) is 4.69. The monoisotopic (exact) mass is 267 g/mol. The molecular formula is C13H21N3OS. The Labute approximate surface area is 112 Å². The summed E-state index contributed by atoms with van der Waals surface area (Å²) in [5.41, 5.74) is 11.3. The third-order valence-electron chi connectivity index (χ3n) is 3.63. The molecule has 4 N–H and O–H groups in total. The van der Waals surface area contributed by atoms with Gasteiger partial charge in [-0.25, -0.2) is 0 Å². The SMILES string of the molecule is NCC(c1cccs1)N(CC(N)=O)C1CCCC1. The average molecular weight is 267 g/mol. The Kier molecular flexibility index (Phi) is 4.74. The second-order valence-corrected chi connectivity index (χ2v) is 5.82. The van der Waals surface area contributed by atoms with Crippen LogP contribution in [-0.4, -0.2) is 29.9 Å². The van der Waals surface area contributed by atoms with Crippen molar-refractivity contribution in [3.8, 4) is 0 Å². The summed E-state index contributed by atoms with van der Waals surface area (Å²) in [6.45, 7) is 0.842. The van der Waals surface area contributed by atoms with E-state index in [9.17, 15) is 4.79 Å². The van der Waals surface area contributed by atoms with Crippen molar-refractivity contribution in [2.24, 2.45) is 11.5 Å². The molecule has 4 nitrogen and oxygen atoms in total. The van der Waals surface area contributed by atoms with Crippen LogP contribution in [-0.2, 0) is 4.79 Å². The largest absolute Gasteiger partial charge is 0.369 e. The molecule has 0 saturated heterocycles. The average Bonchev–Trinajstić information content (AvgIpc) is 3.01. The van der Waals surface area contributed by atoms with E-state index in [2.05, 4.69) is 16.3 Å². The molecule has 0 aliphatic heterocycles. The van der Waals surface area contributed by atoms with Gasteiger partial charge in [-0.15, -0.1) is 11.3 Å². The first-order valence-corrected chi connectivity index (χ1v) is 7.38. The van der Waals surface area contributed by atoms with Crippen LogP contribution in [0.4, 0.5) is 0 Å². The van der Waals surface area contributed by atoms with E-state index in [1.807, 2.05) is 6.07 Å². The Balaban J connectivity index is 2.17. The van der Waals surface area contributed by atoms with E-state index in [0.29, 0.717) is 19.1 Å². The van der Waals surface area contributed by atoms with Crippen LogP contribution in [0, 0.1) is 0 Å². The first kappa shape index (κ1) is 13.5. The van der Waals surface area contributed by atoms with Crippen LogP contribution in [0.25, 0.3) is 0 Å². The lowest BCUT2D eigenvalue weighted by Crippen LogP contribution is -2.44. The summed E-state index contributed by atoms with van der Waals surface area (Å²) < 4.78 is 0. The molecule has 18 heavy (non-hydrogen) atoms. The first-order chi connectivity index (χ1) is 8.72. The number of carbonyl (C=O) groups is 1. The summed E-state index contributed by atoms with van der Waals surface area (Å²) in [7, 11) is 0. The summed E-state index contributed by atoms with van der Waals surface area (Å²) >= 11 is 1.70. The number of primary amides is 1. The number of nitrogens with zero attached hydrogens (tertiary/aromatic N) is 1. The maximum absolute atomic E-state index is 11.3. The molecule has 5 heteroatoms. The molecule has 1 aromatic heterocycles. The van der Waals surface area contributed by atoms with Crippen molar-refractivity contribution in [2.75, 3.05) is 13.1 Å². The van der Waals surface area contributed by atoms with Crippen molar-refractivity contribution < 1.29 is 4.79 Å². The lowest BCUT2D eigenvalue weighted by atomic mass is 10.1. The number of hydrogen-bond acceptors (Lipinski definition) is 4. The predicted molar refractivity (Wildman–Crippen MR) is 74.3 cm³/mol. The minimum atomic E-state index is -0.267. The van der Waals surface area contributed by atoms with Gasteiger partial charge in [0.15, 0.2) is 0 Å². The number of thiophene rings is 1. The van der Waals surface area contributed by atoms with E-state index in [-0.39, 0.29) is 11.9 Å². The van der Waals surface area contributed by atoms with Gasteiger partial charge in [0.25, 0.3) is 0 Å². The molecule has 0 spiro atoms. The molecule has 1 fully saturated rings. The van der Waals surface area contributed by atoms with Crippen LogP contribution < -0.4 is 11.5 Å². The van der Waals surface area contributed by atoms with Gasteiger partial charge in [-0.3, -0.25) is 9.69 Å². The summed E-state index contributed by atoms with van der Waals surface area (Å²) in [5.74, 6) is -0.267. The molecule has 2 rings (SSSR count). The topological polar surface area (TPSA) is 72.3 Å². The molecule has 1 unspecified atom stereocenters. The molecule has 1 amide bonds. The number of rotatable bonds is 6. The van der Waals surface area contributed by atoms with Crippen molar-refractivity contribution in [3.63, 3.8) is 0 Å². The Morgan fingerprint density at radius 1 is 1.50 bits per heavy atom. The van der Waals surface area contributed by atoms with Gasteiger partial charge in [-0.05, 0) is 24.3 Å². The highest BCUT2D eigenvalue weighted by molar-refractivity contribution is 7.10. The lowest BCUT2D eigenvalue weighted by Gasteiger charge is -2.34. The summed E-state index contributed by atoms with van der Waals surface area (Å²) in [5, 5.41) is 2.05. The number of hydrogen-bond donors (Lipinski definition) is 2. The number of amides is 1. The molecule has 1 saturated carbocycles. The predicted octanol–water partition coefficient (Wildman–Crippen LogP) is 1.48. The molecule has 0 aromatic carbocycles. The molecule has 0 radical (unpaired) electrons. The van der Waals surface area contributed by atoms with Crippen LogP contribution in [0.3, 0.4) is 0 Å². The lowest BCUT2D eigenvalue weighted by molar-refractivity contribution is -0.120. The fourth-order valence-electron chi connectivity index (χ4n) is 2.81. The highest BCUT2D eigenvalue weighted by Crippen LogP contribution is 2.32.